The summed E-state index contributed by atoms with van der Waals surface area (Å²) in [7, 11) is 0. The van der Waals surface area contributed by atoms with Crippen LogP contribution in [-0.4, -0.2) is 21.8 Å². The molecule has 0 aliphatic heterocycles. The van der Waals surface area contributed by atoms with Crippen molar-refractivity contribution in [2.24, 2.45) is 5.10 Å². The lowest BCUT2D eigenvalue weighted by Gasteiger charge is -2.04. The average molecular weight is 401 g/mol. The Hall–Kier alpha value is -2.67. The van der Waals surface area contributed by atoms with Crippen molar-refractivity contribution in [1.29, 1.82) is 0 Å². The van der Waals surface area contributed by atoms with Gasteiger partial charge in [0.1, 0.15) is 5.76 Å². The van der Waals surface area contributed by atoms with E-state index in [1.165, 1.54) is 0 Å². The SMILES string of the molecule is Cc1cc(-n2c(C)cc(/C=N\NC(=O)c3ccccc3Br)c2C)no1. The van der Waals surface area contributed by atoms with Gasteiger partial charge in [-0.25, -0.2) is 5.43 Å². The Bertz CT molecular complexity index is 956. The Kier molecular flexibility index (Phi) is 4.85. The first-order valence-electron chi connectivity index (χ1n) is 7.68. The molecule has 1 aromatic carbocycles. The molecule has 6 nitrogen and oxygen atoms in total. The minimum absolute atomic E-state index is 0.273. The largest absolute Gasteiger partial charge is 0.360 e. The second-order valence-corrected chi connectivity index (χ2v) is 6.49. The van der Waals surface area contributed by atoms with Gasteiger partial charge in [-0.05, 0) is 54.9 Å². The molecule has 0 aliphatic carbocycles. The molecule has 1 N–H and O–H groups in total. The highest BCUT2D eigenvalue weighted by molar-refractivity contribution is 9.10. The summed E-state index contributed by atoms with van der Waals surface area (Å²) >= 11 is 3.35. The number of halogens is 1. The number of hydrazone groups is 1. The summed E-state index contributed by atoms with van der Waals surface area (Å²) in [5, 5.41) is 8.12. The van der Waals surface area contributed by atoms with Gasteiger partial charge in [-0.15, -0.1) is 0 Å². The number of nitrogens with zero attached hydrogens (tertiary/aromatic N) is 3. The normalized spacial score (nSPS) is 11.2. The fourth-order valence-electron chi connectivity index (χ4n) is 2.60. The summed E-state index contributed by atoms with van der Waals surface area (Å²) in [4.78, 5) is 12.2. The highest BCUT2D eigenvalue weighted by Crippen LogP contribution is 2.19. The van der Waals surface area contributed by atoms with E-state index in [-0.39, 0.29) is 5.91 Å². The molecule has 0 spiro atoms. The molecule has 0 radical (unpaired) electrons. The Balaban J connectivity index is 1.79. The van der Waals surface area contributed by atoms with Crippen LogP contribution in [0.2, 0.25) is 0 Å². The van der Waals surface area contributed by atoms with Crippen molar-refractivity contribution in [3.63, 3.8) is 0 Å². The van der Waals surface area contributed by atoms with Crippen LogP contribution in [0.5, 0.6) is 0 Å². The smallest absolute Gasteiger partial charge is 0.272 e. The van der Waals surface area contributed by atoms with Crippen molar-refractivity contribution >= 4 is 28.1 Å². The first kappa shape index (κ1) is 17.2. The number of aromatic nitrogens is 2. The third kappa shape index (κ3) is 3.56. The summed E-state index contributed by atoms with van der Waals surface area (Å²) in [6.07, 6.45) is 1.63. The number of aryl methyl sites for hydroxylation is 2. The summed E-state index contributed by atoms with van der Waals surface area (Å²) in [5.41, 5.74) is 5.94. The number of carbonyl (C=O) groups excluding carboxylic acids is 1. The van der Waals surface area contributed by atoms with Gasteiger partial charge in [0, 0.05) is 27.5 Å². The van der Waals surface area contributed by atoms with Crippen LogP contribution in [0.1, 0.15) is 33.1 Å². The van der Waals surface area contributed by atoms with E-state index in [1.54, 1.807) is 18.3 Å². The molecule has 0 saturated carbocycles. The van der Waals surface area contributed by atoms with E-state index in [0.717, 1.165) is 33.0 Å². The predicted molar refractivity (Wildman–Crippen MR) is 99.2 cm³/mol. The van der Waals surface area contributed by atoms with E-state index in [1.807, 2.05) is 49.6 Å². The van der Waals surface area contributed by atoms with E-state index in [2.05, 4.69) is 31.6 Å². The van der Waals surface area contributed by atoms with Gasteiger partial charge in [0.2, 0.25) is 0 Å². The zero-order valence-corrected chi connectivity index (χ0v) is 15.7. The first-order valence-corrected chi connectivity index (χ1v) is 8.47. The molecule has 1 amide bonds. The Labute approximate surface area is 153 Å². The number of hydrogen-bond donors (Lipinski definition) is 1. The van der Waals surface area contributed by atoms with Gasteiger partial charge in [0.15, 0.2) is 5.82 Å². The number of rotatable bonds is 4. The molecular weight excluding hydrogens is 384 g/mol. The van der Waals surface area contributed by atoms with Crippen LogP contribution in [0.15, 0.2) is 50.5 Å². The Morgan fingerprint density at radius 3 is 2.72 bits per heavy atom. The number of amides is 1. The molecule has 0 unspecified atom stereocenters. The summed E-state index contributed by atoms with van der Waals surface area (Å²) in [6, 6.07) is 11.0. The van der Waals surface area contributed by atoms with E-state index in [9.17, 15) is 4.79 Å². The fourth-order valence-corrected chi connectivity index (χ4v) is 3.06. The molecule has 0 saturated heterocycles. The average Bonchev–Trinajstić information content (AvgIpc) is 3.11. The van der Waals surface area contributed by atoms with Crippen molar-refractivity contribution in [2.45, 2.75) is 20.8 Å². The number of benzene rings is 1. The van der Waals surface area contributed by atoms with E-state index in [0.29, 0.717) is 5.56 Å². The number of nitrogens with one attached hydrogen (secondary N) is 1. The molecule has 3 aromatic rings. The molecule has 0 atom stereocenters. The molecule has 0 bridgehead atoms. The topological polar surface area (TPSA) is 72.4 Å². The van der Waals surface area contributed by atoms with Gasteiger partial charge in [-0.2, -0.15) is 5.10 Å². The molecule has 25 heavy (non-hydrogen) atoms. The maximum Gasteiger partial charge on any atom is 0.272 e. The monoisotopic (exact) mass is 400 g/mol. The van der Waals surface area contributed by atoms with Crippen LogP contribution < -0.4 is 5.43 Å². The quantitative estimate of drug-likeness (QED) is 0.532. The van der Waals surface area contributed by atoms with E-state index in [4.69, 9.17) is 4.52 Å². The Morgan fingerprint density at radius 2 is 2.04 bits per heavy atom. The minimum Gasteiger partial charge on any atom is -0.360 e. The minimum atomic E-state index is -0.273. The molecule has 0 aliphatic rings. The van der Waals surface area contributed by atoms with Crippen molar-refractivity contribution < 1.29 is 9.32 Å². The van der Waals surface area contributed by atoms with Crippen LogP contribution in [0.25, 0.3) is 5.82 Å². The zero-order valence-electron chi connectivity index (χ0n) is 14.1. The summed E-state index contributed by atoms with van der Waals surface area (Å²) in [6.45, 7) is 5.80. The Morgan fingerprint density at radius 1 is 1.28 bits per heavy atom. The molecule has 128 valence electrons. The summed E-state index contributed by atoms with van der Waals surface area (Å²) < 4.78 is 7.85. The highest BCUT2D eigenvalue weighted by atomic mass is 79.9. The van der Waals surface area contributed by atoms with Crippen LogP contribution in [-0.2, 0) is 0 Å². The van der Waals surface area contributed by atoms with Gasteiger partial charge in [0.25, 0.3) is 5.91 Å². The van der Waals surface area contributed by atoms with Crippen LogP contribution >= 0.6 is 15.9 Å². The van der Waals surface area contributed by atoms with E-state index >= 15 is 0 Å². The number of hydrogen-bond acceptors (Lipinski definition) is 4. The second-order valence-electron chi connectivity index (χ2n) is 5.64. The van der Waals surface area contributed by atoms with Gasteiger partial charge < -0.3 is 4.52 Å². The third-order valence-electron chi connectivity index (χ3n) is 3.80. The third-order valence-corrected chi connectivity index (χ3v) is 4.49. The predicted octanol–water partition coefficient (Wildman–Crippen LogP) is 3.92. The van der Waals surface area contributed by atoms with Crippen LogP contribution in [0, 0.1) is 20.8 Å². The molecule has 2 aromatic heterocycles. The van der Waals surface area contributed by atoms with Crippen LogP contribution in [0.4, 0.5) is 0 Å². The van der Waals surface area contributed by atoms with Crippen LogP contribution in [0.3, 0.4) is 0 Å². The number of carbonyl (C=O) groups is 1. The van der Waals surface area contributed by atoms with Gasteiger partial charge in [-0.1, -0.05) is 17.3 Å². The van der Waals surface area contributed by atoms with Crippen molar-refractivity contribution in [1.82, 2.24) is 15.1 Å². The van der Waals surface area contributed by atoms with Gasteiger partial charge in [-0.3, -0.25) is 9.36 Å². The zero-order chi connectivity index (χ0) is 18.0. The lowest BCUT2D eigenvalue weighted by atomic mass is 10.2. The lowest BCUT2D eigenvalue weighted by Crippen LogP contribution is -2.18. The highest BCUT2D eigenvalue weighted by Gasteiger charge is 2.13. The molecule has 0 fully saturated rings. The molecule has 2 heterocycles. The summed E-state index contributed by atoms with van der Waals surface area (Å²) in [5.74, 6) is 1.20. The van der Waals surface area contributed by atoms with Crippen molar-refractivity contribution in [3.05, 3.63) is 69.1 Å². The molecule has 7 heteroatoms. The fraction of sp³-hybridized carbons (Fsp3) is 0.167. The molecule has 3 rings (SSSR count). The van der Waals surface area contributed by atoms with Gasteiger partial charge >= 0.3 is 0 Å². The van der Waals surface area contributed by atoms with Gasteiger partial charge in [0.05, 0.1) is 11.8 Å². The maximum absolute atomic E-state index is 12.2. The standard InChI is InChI=1S/C18H17BrN4O2/c1-11-8-14(13(3)23(11)17-9-12(2)25-22-17)10-20-21-18(24)15-6-4-5-7-16(15)19/h4-10H,1-3H3,(H,21,24)/b20-10-. The second kappa shape index (κ2) is 7.06. The van der Waals surface area contributed by atoms with E-state index < -0.39 is 0 Å². The van der Waals surface area contributed by atoms with Crippen molar-refractivity contribution in [3.8, 4) is 5.82 Å². The molecular formula is C18H17BrN4O2. The van der Waals surface area contributed by atoms with Crippen molar-refractivity contribution in [2.75, 3.05) is 0 Å². The maximum atomic E-state index is 12.2. The first-order chi connectivity index (χ1) is 12.0. The lowest BCUT2D eigenvalue weighted by molar-refractivity contribution is 0.0954.